The van der Waals surface area contributed by atoms with Gasteiger partial charge in [0.25, 0.3) is 5.91 Å². The highest BCUT2D eigenvalue weighted by Crippen LogP contribution is 2.50. The predicted molar refractivity (Wildman–Crippen MR) is 137 cm³/mol. The van der Waals surface area contributed by atoms with E-state index in [2.05, 4.69) is 50.9 Å². The van der Waals surface area contributed by atoms with Crippen LogP contribution in [0.2, 0.25) is 0 Å². The maximum atomic E-state index is 14.3. The summed E-state index contributed by atoms with van der Waals surface area (Å²) in [5, 5.41) is 6.56. The minimum atomic E-state index is -0.613. The minimum absolute atomic E-state index is 0.131. The molecule has 33 heavy (non-hydrogen) atoms. The van der Waals surface area contributed by atoms with Gasteiger partial charge in [0.2, 0.25) is 0 Å². The average Bonchev–Trinajstić information content (AvgIpc) is 3.10. The van der Waals surface area contributed by atoms with E-state index in [4.69, 9.17) is 5.10 Å². The van der Waals surface area contributed by atoms with Gasteiger partial charge in [-0.1, -0.05) is 40.5 Å². The predicted octanol–water partition coefficient (Wildman–Crippen LogP) is 5.24. The molecule has 0 saturated carbocycles. The van der Waals surface area contributed by atoms with Crippen LogP contribution in [0, 0.1) is 5.41 Å². The van der Waals surface area contributed by atoms with Crippen molar-refractivity contribution < 1.29 is 4.79 Å². The Morgan fingerprint density at radius 1 is 1.03 bits per heavy atom. The first-order valence-electron chi connectivity index (χ1n) is 12.3. The zero-order valence-electron chi connectivity index (χ0n) is 19.2. The summed E-state index contributed by atoms with van der Waals surface area (Å²) in [6, 6.07) is 17.2. The number of fused-ring (bicyclic) bond motifs is 4. The molecule has 1 amide bonds. The molecule has 0 aliphatic carbocycles. The Balaban J connectivity index is 1.43. The lowest BCUT2D eigenvalue weighted by Gasteiger charge is -2.54. The van der Waals surface area contributed by atoms with E-state index in [-0.39, 0.29) is 11.9 Å². The molecule has 3 atom stereocenters. The van der Waals surface area contributed by atoms with E-state index in [1.807, 2.05) is 30.3 Å². The molecular weight excluding hydrogens is 476 g/mol. The van der Waals surface area contributed by atoms with E-state index in [1.165, 1.54) is 43.6 Å². The molecule has 4 aliphatic heterocycles. The first-order valence-corrected chi connectivity index (χ1v) is 13.1. The molecule has 0 N–H and O–H groups in total. The van der Waals surface area contributed by atoms with Crippen LogP contribution in [0.15, 0.2) is 58.1 Å². The minimum Gasteiger partial charge on any atom is -0.367 e. The van der Waals surface area contributed by atoms with Gasteiger partial charge in [-0.2, -0.15) is 10.1 Å². The summed E-state index contributed by atoms with van der Waals surface area (Å²) in [6.07, 6.45) is 6.85. The number of carbonyl (C=O) groups excluding carboxylic acids is 1. The van der Waals surface area contributed by atoms with E-state index in [0.717, 1.165) is 35.3 Å². The summed E-state index contributed by atoms with van der Waals surface area (Å²) < 4.78 is 1.07. The number of anilines is 2. The van der Waals surface area contributed by atoms with Crippen molar-refractivity contribution in [3.63, 3.8) is 0 Å². The number of piperidine rings is 2. The number of nitrogens with zero attached hydrogens (tertiary/aromatic N) is 4. The van der Waals surface area contributed by atoms with E-state index in [0.29, 0.717) is 12.5 Å². The Labute approximate surface area is 204 Å². The summed E-state index contributed by atoms with van der Waals surface area (Å²) in [4.78, 5) is 19.5. The second-order valence-corrected chi connectivity index (χ2v) is 11.0. The van der Waals surface area contributed by atoms with Gasteiger partial charge in [0.05, 0.1) is 17.4 Å². The monoisotopic (exact) mass is 506 g/mol. The maximum absolute atomic E-state index is 14.3. The molecule has 4 aliphatic rings. The van der Waals surface area contributed by atoms with Crippen LogP contribution in [-0.4, -0.2) is 48.2 Å². The molecule has 0 bridgehead atoms. The molecule has 2 saturated heterocycles. The van der Waals surface area contributed by atoms with E-state index < -0.39 is 5.41 Å². The highest BCUT2D eigenvalue weighted by Gasteiger charge is 2.60. The number of hydrogen-bond acceptors (Lipinski definition) is 4. The SMILES string of the molecule is CC1=NN(c2ccccc2)C(=O)[C@]12Cc1cc(Br)ccc1N1CC[C@H](N3CCCCC3)C[C@@H]12. The van der Waals surface area contributed by atoms with Gasteiger partial charge < -0.3 is 9.80 Å². The van der Waals surface area contributed by atoms with Gasteiger partial charge in [-0.3, -0.25) is 4.79 Å². The largest absolute Gasteiger partial charge is 0.367 e. The summed E-state index contributed by atoms with van der Waals surface area (Å²) in [5.41, 5.74) is 3.74. The average molecular weight is 507 g/mol. The number of hydrogen-bond donors (Lipinski definition) is 0. The van der Waals surface area contributed by atoms with Crippen LogP contribution in [0.4, 0.5) is 11.4 Å². The topological polar surface area (TPSA) is 39.2 Å². The van der Waals surface area contributed by atoms with Crippen molar-refractivity contribution in [3.8, 4) is 0 Å². The zero-order chi connectivity index (χ0) is 22.6. The van der Waals surface area contributed by atoms with Crippen molar-refractivity contribution in [3.05, 3.63) is 58.6 Å². The van der Waals surface area contributed by atoms with Crippen LogP contribution >= 0.6 is 15.9 Å². The molecule has 0 unspecified atom stereocenters. The first kappa shape index (κ1) is 21.4. The Morgan fingerprint density at radius 2 is 1.82 bits per heavy atom. The number of halogens is 1. The number of para-hydroxylation sites is 1. The van der Waals surface area contributed by atoms with E-state index >= 15 is 0 Å². The molecular formula is C27H31BrN4O. The van der Waals surface area contributed by atoms with Crippen LogP contribution in [-0.2, 0) is 11.2 Å². The number of carbonyl (C=O) groups is 1. The van der Waals surface area contributed by atoms with Crippen molar-refractivity contribution in [1.29, 1.82) is 0 Å². The molecule has 6 rings (SSSR count). The van der Waals surface area contributed by atoms with Crippen LogP contribution < -0.4 is 9.91 Å². The number of amides is 1. The highest BCUT2D eigenvalue weighted by molar-refractivity contribution is 9.10. The third-order valence-corrected chi connectivity index (χ3v) is 8.83. The molecule has 4 heterocycles. The smallest absolute Gasteiger partial charge is 0.261 e. The van der Waals surface area contributed by atoms with Crippen LogP contribution in [0.3, 0.4) is 0 Å². The number of rotatable bonds is 2. The summed E-state index contributed by atoms with van der Waals surface area (Å²) >= 11 is 3.67. The first-order chi connectivity index (χ1) is 16.1. The third kappa shape index (κ3) is 3.36. The molecule has 6 heteroatoms. The summed E-state index contributed by atoms with van der Waals surface area (Å²) in [5.74, 6) is 0.131. The van der Waals surface area contributed by atoms with Crippen LogP contribution in [0.25, 0.3) is 0 Å². The van der Waals surface area contributed by atoms with Gasteiger partial charge in [-0.05, 0) is 88.0 Å². The number of benzene rings is 2. The van der Waals surface area contributed by atoms with E-state index in [9.17, 15) is 4.79 Å². The number of likely N-dealkylation sites (tertiary alicyclic amines) is 1. The molecule has 0 aromatic heterocycles. The van der Waals surface area contributed by atoms with Gasteiger partial charge in [-0.25, -0.2) is 0 Å². The molecule has 172 valence electrons. The van der Waals surface area contributed by atoms with Gasteiger partial charge in [0.15, 0.2) is 0 Å². The van der Waals surface area contributed by atoms with Gasteiger partial charge in [0, 0.05) is 22.7 Å². The van der Waals surface area contributed by atoms with Crippen molar-refractivity contribution >= 4 is 38.9 Å². The normalized spacial score (nSPS) is 29.8. The molecule has 0 radical (unpaired) electrons. The lowest BCUT2D eigenvalue weighted by molar-refractivity contribution is -0.125. The van der Waals surface area contributed by atoms with Crippen LogP contribution in [0.5, 0.6) is 0 Å². The lowest BCUT2D eigenvalue weighted by atomic mass is 9.65. The Bertz CT molecular complexity index is 1100. The standard InChI is InChI=1S/C27H31BrN4O/c1-19-27(26(33)32(29-19)22-8-4-2-5-9-22)18-20-16-21(28)10-11-24(20)31-15-12-23(17-25(27)31)30-13-6-3-7-14-30/h2,4-5,8-11,16,23,25H,3,6-7,12-15,17-18H2,1H3/t23-,25+,27+/m0/s1. The molecule has 1 spiro atoms. The van der Waals surface area contributed by atoms with Gasteiger partial charge in [0.1, 0.15) is 5.41 Å². The zero-order valence-corrected chi connectivity index (χ0v) is 20.8. The fourth-order valence-electron chi connectivity index (χ4n) is 6.67. The van der Waals surface area contributed by atoms with Crippen LogP contribution in [0.1, 0.15) is 44.6 Å². The quantitative estimate of drug-likeness (QED) is 0.559. The second-order valence-electron chi connectivity index (χ2n) is 10.0. The van der Waals surface area contributed by atoms with Crippen molar-refractivity contribution in [1.82, 2.24) is 4.90 Å². The highest BCUT2D eigenvalue weighted by atomic mass is 79.9. The molecule has 2 aromatic rings. The number of hydrazone groups is 1. The van der Waals surface area contributed by atoms with Gasteiger partial charge in [-0.15, -0.1) is 0 Å². The van der Waals surface area contributed by atoms with Gasteiger partial charge >= 0.3 is 0 Å². The molecule has 5 nitrogen and oxygen atoms in total. The third-order valence-electron chi connectivity index (χ3n) is 8.34. The second kappa shape index (κ2) is 8.24. The van der Waals surface area contributed by atoms with Crippen molar-refractivity contribution in [2.45, 2.75) is 57.5 Å². The van der Waals surface area contributed by atoms with Crippen molar-refractivity contribution in [2.24, 2.45) is 10.5 Å². The lowest BCUT2D eigenvalue weighted by Crippen LogP contribution is -2.64. The Kier molecular flexibility index (Phi) is 5.33. The molecule has 2 fully saturated rings. The Hall–Kier alpha value is -2.18. The summed E-state index contributed by atoms with van der Waals surface area (Å²) in [6.45, 7) is 5.47. The van der Waals surface area contributed by atoms with E-state index in [1.54, 1.807) is 5.01 Å². The fourth-order valence-corrected chi connectivity index (χ4v) is 7.08. The fraction of sp³-hybridized carbons (Fsp3) is 0.481. The maximum Gasteiger partial charge on any atom is 0.261 e. The Morgan fingerprint density at radius 3 is 2.61 bits per heavy atom. The summed E-state index contributed by atoms with van der Waals surface area (Å²) in [7, 11) is 0. The molecule has 2 aromatic carbocycles. The van der Waals surface area contributed by atoms with Crippen molar-refractivity contribution in [2.75, 3.05) is 29.5 Å².